The van der Waals surface area contributed by atoms with Gasteiger partial charge in [0.05, 0.1) is 13.2 Å². The van der Waals surface area contributed by atoms with Gasteiger partial charge < -0.3 is 14.7 Å². The summed E-state index contributed by atoms with van der Waals surface area (Å²) < 4.78 is 11.7. The molecule has 0 aliphatic rings. The van der Waals surface area contributed by atoms with Gasteiger partial charge >= 0.3 is 5.97 Å². The van der Waals surface area contributed by atoms with Crippen LogP contribution in [0.3, 0.4) is 0 Å². The molecule has 0 fully saturated rings. The highest BCUT2D eigenvalue weighted by Gasteiger charge is 2.10. The molecule has 0 saturated heterocycles. The second-order valence-electron chi connectivity index (χ2n) is 6.45. The van der Waals surface area contributed by atoms with Crippen molar-refractivity contribution in [3.05, 3.63) is 59.7 Å². The van der Waals surface area contributed by atoms with E-state index in [0.29, 0.717) is 31.7 Å². The van der Waals surface area contributed by atoms with Crippen LogP contribution >= 0.6 is 0 Å². The van der Waals surface area contributed by atoms with E-state index in [1.165, 1.54) is 5.56 Å². The van der Waals surface area contributed by atoms with Crippen molar-refractivity contribution in [1.82, 2.24) is 4.73 Å². The number of esters is 1. The van der Waals surface area contributed by atoms with Crippen molar-refractivity contribution in [3.8, 4) is 5.75 Å². The molecule has 27 heavy (non-hydrogen) atoms. The standard InChI is InChI=1S/C21H28N2O4/c1-3-26-21(24)16-17(2)15-18-8-10-19(11-9-18)27-14-6-12-22-20-7-4-5-13-23(20)25/h4-5,7-11,13,17,25H,3,6,12,14-16H2,1-2H3. The lowest BCUT2D eigenvalue weighted by atomic mass is 9.98. The summed E-state index contributed by atoms with van der Waals surface area (Å²) in [4.78, 5) is 15.8. The number of nitrogens with zero attached hydrogens (tertiary/aromatic N) is 2. The molecule has 146 valence electrons. The Kier molecular flexibility index (Phi) is 8.42. The number of benzene rings is 1. The highest BCUT2D eigenvalue weighted by Crippen LogP contribution is 2.17. The fraction of sp³-hybridized carbons (Fsp3) is 0.429. The molecule has 0 aliphatic carbocycles. The van der Waals surface area contributed by atoms with Crippen LogP contribution in [0.2, 0.25) is 0 Å². The van der Waals surface area contributed by atoms with Crippen LogP contribution in [0.15, 0.2) is 53.7 Å². The number of hydrogen-bond donors (Lipinski definition) is 1. The predicted octanol–water partition coefficient (Wildman–Crippen LogP) is 3.23. The van der Waals surface area contributed by atoms with Crippen LogP contribution < -0.4 is 10.2 Å². The van der Waals surface area contributed by atoms with Gasteiger partial charge in [-0.2, -0.15) is 4.73 Å². The molecule has 6 nitrogen and oxygen atoms in total. The van der Waals surface area contributed by atoms with Crippen LogP contribution in [0, 0.1) is 5.92 Å². The molecule has 0 aliphatic heterocycles. The maximum atomic E-state index is 11.5. The normalized spacial score (nSPS) is 12.6. The molecule has 0 amide bonds. The molecule has 1 unspecified atom stereocenters. The lowest BCUT2D eigenvalue weighted by Crippen LogP contribution is -2.17. The minimum atomic E-state index is -0.141. The van der Waals surface area contributed by atoms with Crippen molar-refractivity contribution < 1.29 is 19.5 Å². The van der Waals surface area contributed by atoms with Crippen LogP contribution in [0.4, 0.5) is 0 Å². The molecule has 1 heterocycles. The van der Waals surface area contributed by atoms with Gasteiger partial charge in [-0.3, -0.25) is 9.79 Å². The highest BCUT2D eigenvalue weighted by atomic mass is 16.5. The number of pyridine rings is 1. The first-order chi connectivity index (χ1) is 13.1. The molecule has 0 bridgehead atoms. The van der Waals surface area contributed by atoms with Gasteiger partial charge in [0.25, 0.3) is 0 Å². The van der Waals surface area contributed by atoms with Gasteiger partial charge in [0.2, 0.25) is 0 Å². The van der Waals surface area contributed by atoms with Gasteiger partial charge in [-0.05, 0) is 49.1 Å². The predicted molar refractivity (Wildman–Crippen MR) is 103 cm³/mol. The number of carbonyl (C=O) groups is 1. The average molecular weight is 372 g/mol. The zero-order valence-electron chi connectivity index (χ0n) is 16.0. The molecular weight excluding hydrogens is 344 g/mol. The van der Waals surface area contributed by atoms with E-state index < -0.39 is 0 Å². The molecule has 1 aromatic heterocycles. The fourth-order valence-corrected chi connectivity index (χ4v) is 2.70. The van der Waals surface area contributed by atoms with Crippen molar-refractivity contribution in [2.75, 3.05) is 19.8 Å². The Balaban J connectivity index is 1.72. The first-order valence-corrected chi connectivity index (χ1v) is 9.33. The van der Waals surface area contributed by atoms with Crippen molar-refractivity contribution >= 4 is 5.97 Å². The summed E-state index contributed by atoms with van der Waals surface area (Å²) in [6.45, 7) is 5.43. The molecule has 0 spiro atoms. The van der Waals surface area contributed by atoms with Gasteiger partial charge in [-0.15, -0.1) is 0 Å². The number of ether oxygens (including phenoxy) is 2. The SMILES string of the molecule is CCOC(=O)CC(C)Cc1ccc(OCCCN=c2ccccn2O)cc1. The Morgan fingerprint density at radius 1 is 1.22 bits per heavy atom. The van der Waals surface area contributed by atoms with Gasteiger partial charge in [0.1, 0.15) is 5.75 Å². The minimum Gasteiger partial charge on any atom is -0.494 e. The Labute approximate surface area is 160 Å². The number of hydrogen-bond acceptors (Lipinski definition) is 5. The number of carbonyl (C=O) groups excluding carboxylic acids is 1. The average Bonchev–Trinajstić information content (AvgIpc) is 2.64. The van der Waals surface area contributed by atoms with Gasteiger partial charge in [-0.1, -0.05) is 25.1 Å². The largest absolute Gasteiger partial charge is 0.494 e. The Morgan fingerprint density at radius 2 is 2.00 bits per heavy atom. The molecule has 6 heteroatoms. The maximum Gasteiger partial charge on any atom is 0.306 e. The number of aromatic nitrogens is 1. The van der Waals surface area contributed by atoms with E-state index in [0.717, 1.165) is 23.3 Å². The molecule has 1 N–H and O–H groups in total. The third kappa shape index (κ3) is 7.56. The van der Waals surface area contributed by atoms with Crippen LogP contribution in [0.5, 0.6) is 5.75 Å². The summed E-state index contributed by atoms with van der Waals surface area (Å²) in [5.41, 5.74) is 1.70. The summed E-state index contributed by atoms with van der Waals surface area (Å²) in [6, 6.07) is 13.3. The zero-order chi connectivity index (χ0) is 19.5. The van der Waals surface area contributed by atoms with E-state index in [-0.39, 0.29) is 11.9 Å². The number of rotatable bonds is 10. The van der Waals surface area contributed by atoms with E-state index in [1.807, 2.05) is 44.2 Å². The van der Waals surface area contributed by atoms with Crippen LogP contribution in [0.25, 0.3) is 0 Å². The molecular formula is C21H28N2O4. The van der Waals surface area contributed by atoms with Gasteiger partial charge in [0, 0.05) is 25.6 Å². The quantitative estimate of drug-likeness (QED) is 0.395. The van der Waals surface area contributed by atoms with E-state index in [2.05, 4.69) is 4.99 Å². The van der Waals surface area contributed by atoms with E-state index in [4.69, 9.17) is 9.47 Å². The lowest BCUT2D eigenvalue weighted by molar-refractivity contribution is -0.144. The second kappa shape index (κ2) is 11.1. The zero-order valence-corrected chi connectivity index (χ0v) is 16.0. The summed E-state index contributed by atoms with van der Waals surface area (Å²) in [7, 11) is 0. The van der Waals surface area contributed by atoms with Crippen LogP contribution in [-0.2, 0) is 16.0 Å². The molecule has 2 rings (SSSR count). The molecule has 0 radical (unpaired) electrons. The maximum absolute atomic E-state index is 11.5. The molecule has 1 aromatic carbocycles. The van der Waals surface area contributed by atoms with Crippen LogP contribution in [0.1, 0.15) is 32.3 Å². The van der Waals surface area contributed by atoms with Gasteiger partial charge in [-0.25, -0.2) is 0 Å². The van der Waals surface area contributed by atoms with Crippen molar-refractivity contribution in [2.24, 2.45) is 10.9 Å². The first kappa shape index (κ1) is 20.6. The van der Waals surface area contributed by atoms with E-state index in [1.54, 1.807) is 18.3 Å². The Morgan fingerprint density at radius 3 is 2.70 bits per heavy atom. The first-order valence-electron chi connectivity index (χ1n) is 9.33. The minimum absolute atomic E-state index is 0.141. The van der Waals surface area contributed by atoms with Crippen LogP contribution in [-0.4, -0.2) is 35.7 Å². The monoisotopic (exact) mass is 372 g/mol. The summed E-state index contributed by atoms with van der Waals surface area (Å²) in [5.74, 6) is 0.913. The second-order valence-corrected chi connectivity index (χ2v) is 6.45. The summed E-state index contributed by atoms with van der Waals surface area (Å²) in [6.07, 6.45) is 3.57. The van der Waals surface area contributed by atoms with Crippen molar-refractivity contribution in [3.63, 3.8) is 0 Å². The summed E-state index contributed by atoms with van der Waals surface area (Å²) >= 11 is 0. The van der Waals surface area contributed by atoms with Gasteiger partial charge in [0.15, 0.2) is 5.49 Å². The molecule has 0 saturated carbocycles. The molecule has 1 atom stereocenters. The van der Waals surface area contributed by atoms with Crippen molar-refractivity contribution in [2.45, 2.75) is 33.1 Å². The van der Waals surface area contributed by atoms with E-state index in [9.17, 15) is 10.0 Å². The van der Waals surface area contributed by atoms with E-state index >= 15 is 0 Å². The molecule has 2 aromatic rings. The Bertz CT molecular complexity index is 768. The topological polar surface area (TPSA) is 73.0 Å². The fourth-order valence-electron chi connectivity index (χ4n) is 2.70. The third-order valence-electron chi connectivity index (χ3n) is 3.99. The Hall–Kier alpha value is -2.76. The van der Waals surface area contributed by atoms with Crippen molar-refractivity contribution in [1.29, 1.82) is 0 Å². The third-order valence-corrected chi connectivity index (χ3v) is 3.99. The smallest absolute Gasteiger partial charge is 0.306 e. The summed E-state index contributed by atoms with van der Waals surface area (Å²) in [5, 5.41) is 9.57. The highest BCUT2D eigenvalue weighted by molar-refractivity contribution is 5.69. The lowest BCUT2D eigenvalue weighted by Gasteiger charge is -2.11.